The van der Waals surface area contributed by atoms with Crippen molar-refractivity contribution in [1.29, 1.82) is 0 Å². The average Bonchev–Trinajstić information content (AvgIpc) is 3.45. The van der Waals surface area contributed by atoms with Gasteiger partial charge in [0.05, 0.1) is 25.1 Å². The first kappa shape index (κ1) is 24.3. The predicted octanol–water partition coefficient (Wildman–Crippen LogP) is 4.70. The summed E-state index contributed by atoms with van der Waals surface area (Å²) in [6.45, 7) is 7.42. The molecule has 182 valence electrons. The van der Waals surface area contributed by atoms with Crippen molar-refractivity contribution in [2.24, 2.45) is 0 Å². The van der Waals surface area contributed by atoms with Crippen LogP contribution in [0.5, 0.6) is 5.75 Å². The van der Waals surface area contributed by atoms with Gasteiger partial charge in [0.25, 0.3) is 11.7 Å². The minimum atomic E-state index is -0.683. The molecule has 0 bridgehead atoms. The Balaban J connectivity index is 1.75. The zero-order valence-electron chi connectivity index (χ0n) is 20.6. The van der Waals surface area contributed by atoms with E-state index in [0.717, 1.165) is 11.1 Å². The maximum atomic E-state index is 13.2. The molecular weight excluding hydrogens is 442 g/mol. The predicted molar refractivity (Wildman–Crippen MR) is 134 cm³/mol. The minimum Gasteiger partial charge on any atom is -0.507 e. The number of ether oxygens (including phenoxy) is 1. The SMILES string of the molecule is COc1cccc(C(O)=C2C(=O)C(=O)N(CCCn3ccnc3)C2c2ccc(C(C)(C)C)cc2)c1. The second-order valence-electron chi connectivity index (χ2n) is 9.75. The number of ketones is 1. The number of hydrogen-bond donors (Lipinski definition) is 1. The number of nitrogens with zero attached hydrogens (tertiary/aromatic N) is 3. The highest BCUT2D eigenvalue weighted by Crippen LogP contribution is 2.40. The van der Waals surface area contributed by atoms with Gasteiger partial charge in [0, 0.05) is 31.0 Å². The molecule has 1 aliphatic heterocycles. The van der Waals surface area contributed by atoms with Crippen molar-refractivity contribution < 1.29 is 19.4 Å². The lowest BCUT2D eigenvalue weighted by molar-refractivity contribution is -0.139. The van der Waals surface area contributed by atoms with E-state index in [0.29, 0.717) is 30.8 Å². The van der Waals surface area contributed by atoms with Crippen LogP contribution in [0.25, 0.3) is 5.76 Å². The number of imidazole rings is 1. The number of aliphatic hydroxyl groups excluding tert-OH is 1. The van der Waals surface area contributed by atoms with Gasteiger partial charge in [-0.1, -0.05) is 57.2 Å². The van der Waals surface area contributed by atoms with Crippen molar-refractivity contribution >= 4 is 17.4 Å². The molecule has 1 fully saturated rings. The summed E-state index contributed by atoms with van der Waals surface area (Å²) in [4.78, 5) is 32.0. The van der Waals surface area contributed by atoms with E-state index in [2.05, 4.69) is 25.8 Å². The quantitative estimate of drug-likeness (QED) is 0.305. The highest BCUT2D eigenvalue weighted by molar-refractivity contribution is 6.46. The first-order chi connectivity index (χ1) is 16.7. The molecule has 1 aromatic heterocycles. The van der Waals surface area contributed by atoms with Gasteiger partial charge in [-0.2, -0.15) is 0 Å². The summed E-state index contributed by atoms with van der Waals surface area (Å²) in [6, 6.07) is 14.1. The smallest absolute Gasteiger partial charge is 0.295 e. The Morgan fingerprint density at radius 2 is 1.83 bits per heavy atom. The monoisotopic (exact) mass is 473 g/mol. The van der Waals surface area contributed by atoms with E-state index < -0.39 is 17.7 Å². The van der Waals surface area contributed by atoms with Crippen molar-refractivity contribution in [2.45, 2.75) is 45.2 Å². The number of carbonyl (C=O) groups excluding carboxylic acids is 2. The Morgan fingerprint density at radius 1 is 1.09 bits per heavy atom. The summed E-state index contributed by atoms with van der Waals surface area (Å²) in [5.74, 6) is -0.943. The van der Waals surface area contributed by atoms with Crippen LogP contribution >= 0.6 is 0 Å². The summed E-state index contributed by atoms with van der Waals surface area (Å²) in [5, 5.41) is 11.2. The van der Waals surface area contributed by atoms with Crippen LogP contribution in [-0.2, 0) is 21.5 Å². The molecular formula is C28H31N3O4. The number of aromatic nitrogens is 2. The third-order valence-corrected chi connectivity index (χ3v) is 6.35. The van der Waals surface area contributed by atoms with Crippen LogP contribution in [-0.4, -0.2) is 44.9 Å². The van der Waals surface area contributed by atoms with Gasteiger partial charge >= 0.3 is 0 Å². The lowest BCUT2D eigenvalue weighted by atomic mass is 9.85. The van der Waals surface area contributed by atoms with Gasteiger partial charge in [-0.15, -0.1) is 0 Å². The lowest BCUT2D eigenvalue weighted by Gasteiger charge is -2.26. The lowest BCUT2D eigenvalue weighted by Crippen LogP contribution is -2.31. The number of Topliss-reactive ketones (excluding diaryl/α,β-unsaturated/α-hetero) is 1. The number of amides is 1. The molecule has 2 aromatic carbocycles. The van der Waals surface area contributed by atoms with Crippen LogP contribution < -0.4 is 4.74 Å². The number of aryl methyl sites for hydroxylation is 1. The zero-order valence-corrected chi connectivity index (χ0v) is 20.6. The normalized spacial score (nSPS) is 17.7. The molecule has 2 heterocycles. The third kappa shape index (κ3) is 4.99. The number of rotatable bonds is 7. The van der Waals surface area contributed by atoms with Gasteiger partial charge in [-0.05, 0) is 35.1 Å². The fourth-order valence-corrected chi connectivity index (χ4v) is 4.39. The number of aliphatic hydroxyl groups is 1. The molecule has 35 heavy (non-hydrogen) atoms. The average molecular weight is 474 g/mol. The van der Waals surface area contributed by atoms with Crippen molar-refractivity contribution in [1.82, 2.24) is 14.5 Å². The summed E-state index contributed by atoms with van der Waals surface area (Å²) in [5.41, 5.74) is 2.41. The van der Waals surface area contributed by atoms with E-state index >= 15 is 0 Å². The number of methoxy groups -OCH3 is 1. The second kappa shape index (κ2) is 9.78. The zero-order chi connectivity index (χ0) is 25.2. The van der Waals surface area contributed by atoms with E-state index in [9.17, 15) is 14.7 Å². The Labute approximate surface area is 205 Å². The first-order valence-corrected chi connectivity index (χ1v) is 11.7. The van der Waals surface area contributed by atoms with E-state index in [-0.39, 0.29) is 16.7 Å². The van der Waals surface area contributed by atoms with Crippen molar-refractivity contribution in [2.75, 3.05) is 13.7 Å². The van der Waals surface area contributed by atoms with Crippen molar-refractivity contribution in [3.05, 3.63) is 89.5 Å². The van der Waals surface area contributed by atoms with E-state index in [1.165, 1.54) is 7.11 Å². The molecule has 3 aromatic rings. The molecule has 1 amide bonds. The minimum absolute atomic E-state index is 0.0360. The topological polar surface area (TPSA) is 84.7 Å². The summed E-state index contributed by atoms with van der Waals surface area (Å²) >= 11 is 0. The van der Waals surface area contributed by atoms with Crippen LogP contribution in [0, 0.1) is 0 Å². The fourth-order valence-electron chi connectivity index (χ4n) is 4.39. The summed E-state index contributed by atoms with van der Waals surface area (Å²) in [6.07, 6.45) is 5.93. The van der Waals surface area contributed by atoms with Gasteiger partial charge in [0.1, 0.15) is 11.5 Å². The van der Waals surface area contributed by atoms with E-state index in [4.69, 9.17) is 4.74 Å². The van der Waals surface area contributed by atoms with Crippen LogP contribution in [0.3, 0.4) is 0 Å². The molecule has 7 nitrogen and oxygen atoms in total. The first-order valence-electron chi connectivity index (χ1n) is 11.7. The largest absolute Gasteiger partial charge is 0.507 e. The molecule has 0 spiro atoms. The molecule has 0 radical (unpaired) electrons. The van der Waals surface area contributed by atoms with Crippen LogP contribution in [0.1, 0.15) is 49.9 Å². The molecule has 1 atom stereocenters. The van der Waals surface area contributed by atoms with Gasteiger partial charge in [0.15, 0.2) is 0 Å². The van der Waals surface area contributed by atoms with Crippen molar-refractivity contribution in [3.63, 3.8) is 0 Å². The fraction of sp³-hybridized carbons (Fsp3) is 0.321. The van der Waals surface area contributed by atoms with E-state index in [1.54, 1.807) is 41.7 Å². The van der Waals surface area contributed by atoms with Gasteiger partial charge in [-0.3, -0.25) is 9.59 Å². The Morgan fingerprint density at radius 3 is 2.46 bits per heavy atom. The third-order valence-electron chi connectivity index (χ3n) is 6.35. The summed E-state index contributed by atoms with van der Waals surface area (Å²) < 4.78 is 7.21. The Hall–Kier alpha value is -3.87. The molecule has 1 aliphatic rings. The van der Waals surface area contributed by atoms with Gasteiger partial charge in [0.2, 0.25) is 0 Å². The molecule has 4 rings (SSSR count). The van der Waals surface area contributed by atoms with Crippen molar-refractivity contribution in [3.8, 4) is 5.75 Å². The molecule has 7 heteroatoms. The maximum Gasteiger partial charge on any atom is 0.295 e. The molecule has 0 saturated carbocycles. The summed E-state index contributed by atoms with van der Waals surface area (Å²) in [7, 11) is 1.54. The highest BCUT2D eigenvalue weighted by Gasteiger charge is 2.45. The Bertz CT molecular complexity index is 1240. The van der Waals surface area contributed by atoms with Gasteiger partial charge < -0.3 is 19.3 Å². The molecule has 1 saturated heterocycles. The molecule has 0 aliphatic carbocycles. The van der Waals surface area contributed by atoms with Crippen LogP contribution in [0.2, 0.25) is 0 Å². The Kier molecular flexibility index (Phi) is 6.78. The van der Waals surface area contributed by atoms with E-state index in [1.807, 2.05) is 35.0 Å². The number of likely N-dealkylation sites (tertiary alicyclic amines) is 1. The molecule has 1 N–H and O–H groups in total. The number of carbonyl (C=O) groups is 2. The number of hydrogen-bond acceptors (Lipinski definition) is 5. The molecule has 1 unspecified atom stereocenters. The van der Waals surface area contributed by atoms with Crippen LogP contribution in [0.4, 0.5) is 0 Å². The number of benzene rings is 2. The maximum absolute atomic E-state index is 13.2. The second-order valence-corrected chi connectivity index (χ2v) is 9.75. The van der Waals surface area contributed by atoms with Gasteiger partial charge in [-0.25, -0.2) is 4.98 Å². The highest BCUT2D eigenvalue weighted by atomic mass is 16.5. The van der Waals surface area contributed by atoms with Crippen LogP contribution in [0.15, 0.2) is 72.8 Å². The standard InChI is InChI=1S/C28H31N3O4/c1-28(2,3)21-11-9-19(10-12-21)24-23(25(32)20-7-5-8-22(17-20)35-4)26(33)27(34)31(24)15-6-14-30-16-13-29-18-30/h5,7-13,16-18,24,32H,6,14-15H2,1-4H3.